The number of nitrogens with two attached hydrogens (primary N) is 1. The van der Waals surface area contributed by atoms with Crippen molar-refractivity contribution in [3.05, 3.63) is 41.0 Å². The summed E-state index contributed by atoms with van der Waals surface area (Å²) in [6, 6.07) is 8.02. The molecule has 3 aromatic rings. The van der Waals surface area contributed by atoms with E-state index >= 15 is 0 Å². The molecule has 0 bridgehead atoms. The Morgan fingerprint density at radius 1 is 1.26 bits per heavy atom. The molecule has 1 atom stereocenters. The number of aromatic amines is 1. The lowest BCUT2D eigenvalue weighted by atomic mass is 10.1. The van der Waals surface area contributed by atoms with Crippen molar-refractivity contribution in [1.29, 1.82) is 0 Å². The quantitative estimate of drug-likeness (QED) is 0.528. The largest absolute Gasteiger partial charge is 0.398 e. The van der Waals surface area contributed by atoms with Crippen molar-refractivity contribution >= 4 is 22.7 Å². The zero-order valence-corrected chi connectivity index (χ0v) is 18.8. The number of para-hydroxylation sites is 1. The van der Waals surface area contributed by atoms with Gasteiger partial charge in [-0.15, -0.1) is 0 Å². The van der Waals surface area contributed by atoms with Crippen LogP contribution in [-0.4, -0.2) is 44.0 Å². The van der Waals surface area contributed by atoms with Crippen molar-refractivity contribution in [3.63, 3.8) is 0 Å². The van der Waals surface area contributed by atoms with Crippen LogP contribution in [-0.2, 0) is 6.54 Å². The van der Waals surface area contributed by atoms with Gasteiger partial charge in [0.15, 0.2) is 11.0 Å². The van der Waals surface area contributed by atoms with Crippen LogP contribution in [0.3, 0.4) is 0 Å². The number of aromatic nitrogens is 4. The fourth-order valence-corrected chi connectivity index (χ4v) is 4.38. The van der Waals surface area contributed by atoms with Gasteiger partial charge < -0.3 is 20.3 Å². The molecule has 0 saturated carbocycles. The molecule has 2 aromatic heterocycles. The van der Waals surface area contributed by atoms with E-state index in [0.29, 0.717) is 12.0 Å². The molecular formula is C23H33N7O. The summed E-state index contributed by atoms with van der Waals surface area (Å²) in [5.41, 5.74) is 11.3. The van der Waals surface area contributed by atoms with Gasteiger partial charge in [-0.05, 0) is 44.2 Å². The predicted octanol–water partition coefficient (Wildman–Crippen LogP) is 3.11. The van der Waals surface area contributed by atoms with Crippen LogP contribution in [0.15, 0.2) is 29.3 Å². The van der Waals surface area contributed by atoms with Gasteiger partial charge in [-0.25, -0.2) is 0 Å². The summed E-state index contributed by atoms with van der Waals surface area (Å²) < 4.78 is 2.25. The van der Waals surface area contributed by atoms with Gasteiger partial charge in [-0.1, -0.05) is 32.0 Å². The van der Waals surface area contributed by atoms with Crippen molar-refractivity contribution in [2.24, 2.45) is 4.99 Å². The van der Waals surface area contributed by atoms with Crippen molar-refractivity contribution in [2.45, 2.75) is 65.1 Å². The van der Waals surface area contributed by atoms with Gasteiger partial charge in [0.2, 0.25) is 5.95 Å². The summed E-state index contributed by atoms with van der Waals surface area (Å²) in [6.45, 7) is 10.1. The van der Waals surface area contributed by atoms with Crippen LogP contribution in [0.5, 0.6) is 0 Å². The second-order valence-corrected chi connectivity index (χ2v) is 8.88. The van der Waals surface area contributed by atoms with Gasteiger partial charge >= 0.3 is 0 Å². The Labute approximate surface area is 182 Å². The van der Waals surface area contributed by atoms with E-state index in [2.05, 4.69) is 47.4 Å². The number of benzene rings is 1. The van der Waals surface area contributed by atoms with Crippen molar-refractivity contribution in [2.75, 3.05) is 23.8 Å². The van der Waals surface area contributed by atoms with Crippen LogP contribution in [0.25, 0.3) is 11.0 Å². The highest BCUT2D eigenvalue weighted by Crippen LogP contribution is 2.31. The summed E-state index contributed by atoms with van der Waals surface area (Å²) in [5.74, 6) is 1.12. The highest BCUT2D eigenvalue weighted by atomic mass is 16.3. The Kier molecular flexibility index (Phi) is 6.00. The fraction of sp³-hybridized carbons (Fsp3) is 0.522. The average molecular weight is 424 g/mol. The molecule has 0 spiro atoms. The normalized spacial score (nSPS) is 17.6. The monoisotopic (exact) mass is 423 g/mol. The summed E-state index contributed by atoms with van der Waals surface area (Å²) in [6.07, 6.45) is 2.00. The van der Waals surface area contributed by atoms with Crippen LogP contribution >= 0.6 is 0 Å². The third kappa shape index (κ3) is 3.92. The molecule has 1 aliphatic heterocycles. The number of hydrogen-bond donors (Lipinski definition) is 3. The molecule has 1 aromatic carbocycles. The van der Waals surface area contributed by atoms with E-state index in [4.69, 9.17) is 15.7 Å². The van der Waals surface area contributed by atoms with Crippen molar-refractivity contribution in [1.82, 2.24) is 19.7 Å². The Morgan fingerprint density at radius 3 is 2.71 bits per heavy atom. The number of nitrogens with one attached hydrogen (secondary N) is 1. The number of rotatable bonds is 6. The highest BCUT2D eigenvalue weighted by molar-refractivity contribution is 5.79. The van der Waals surface area contributed by atoms with E-state index in [-0.39, 0.29) is 24.6 Å². The first kappa shape index (κ1) is 21.4. The molecule has 0 radical (unpaired) electrons. The molecule has 8 heteroatoms. The van der Waals surface area contributed by atoms with Gasteiger partial charge in [0.25, 0.3) is 0 Å². The third-order valence-electron chi connectivity index (χ3n) is 6.03. The average Bonchev–Trinajstić information content (AvgIpc) is 3.39. The molecule has 4 rings (SSSR count). The smallest absolute Gasteiger partial charge is 0.208 e. The first-order valence-electron chi connectivity index (χ1n) is 11.1. The minimum Gasteiger partial charge on any atom is -0.398 e. The van der Waals surface area contributed by atoms with Gasteiger partial charge in [-0.3, -0.25) is 10.1 Å². The molecule has 3 heterocycles. The molecule has 0 amide bonds. The second-order valence-electron chi connectivity index (χ2n) is 8.88. The molecule has 0 aliphatic carbocycles. The number of H-pyrrole nitrogens is 1. The standard InChI is InChI=1S/C23H33N7O/c1-14(2)19-21-20(28-27-19)22(25-12-16-8-5-6-10-18(16)24)26-23(30(21)15(3)4)29-11-7-9-17(29)13-31/h5-6,8,10,14-15,17,31H,7,9,11-13,24H2,1-4H3,(H,27,28). The molecular weight excluding hydrogens is 390 g/mol. The van der Waals surface area contributed by atoms with Gasteiger partial charge in [0.1, 0.15) is 0 Å². The Bertz CT molecular complexity index is 1130. The first-order chi connectivity index (χ1) is 14.9. The number of aliphatic hydroxyl groups is 1. The van der Waals surface area contributed by atoms with Crippen LogP contribution < -0.4 is 16.1 Å². The topological polar surface area (TPSA) is 108 Å². The molecule has 166 valence electrons. The third-order valence-corrected chi connectivity index (χ3v) is 6.03. The minimum atomic E-state index is 0.0713. The number of hydrogen-bond acceptors (Lipinski definition) is 6. The number of aliphatic hydroxyl groups excluding tert-OH is 1. The number of nitrogen functional groups attached to an aromatic ring is 1. The fourth-order valence-electron chi connectivity index (χ4n) is 4.38. The van der Waals surface area contributed by atoms with E-state index in [0.717, 1.165) is 53.3 Å². The molecule has 1 aliphatic rings. The maximum Gasteiger partial charge on any atom is 0.208 e. The van der Waals surface area contributed by atoms with Gasteiger partial charge in [-0.2, -0.15) is 10.1 Å². The van der Waals surface area contributed by atoms with Crippen LogP contribution in [0.4, 0.5) is 11.6 Å². The molecule has 4 N–H and O–H groups in total. The van der Waals surface area contributed by atoms with Gasteiger partial charge in [0, 0.05) is 18.3 Å². The molecule has 31 heavy (non-hydrogen) atoms. The number of fused-ring (bicyclic) bond motifs is 1. The van der Waals surface area contributed by atoms with E-state index < -0.39 is 0 Å². The van der Waals surface area contributed by atoms with Gasteiger partial charge in [0.05, 0.1) is 30.4 Å². The van der Waals surface area contributed by atoms with E-state index in [1.807, 2.05) is 24.3 Å². The summed E-state index contributed by atoms with van der Waals surface area (Å²) in [7, 11) is 0. The maximum atomic E-state index is 9.96. The zero-order valence-electron chi connectivity index (χ0n) is 18.8. The summed E-state index contributed by atoms with van der Waals surface area (Å²) >= 11 is 0. The number of nitrogens with zero attached hydrogens (tertiary/aromatic N) is 5. The maximum absolute atomic E-state index is 9.96. The van der Waals surface area contributed by atoms with Crippen molar-refractivity contribution in [3.8, 4) is 0 Å². The summed E-state index contributed by atoms with van der Waals surface area (Å²) in [5, 5.41) is 17.8. The molecule has 1 fully saturated rings. The molecule has 1 saturated heterocycles. The first-order valence-corrected chi connectivity index (χ1v) is 11.1. The van der Waals surface area contributed by atoms with Crippen LogP contribution in [0.1, 0.15) is 63.8 Å². The number of anilines is 2. The predicted molar refractivity (Wildman–Crippen MR) is 124 cm³/mol. The van der Waals surface area contributed by atoms with Crippen molar-refractivity contribution < 1.29 is 5.11 Å². The summed E-state index contributed by atoms with van der Waals surface area (Å²) in [4.78, 5) is 12.1. The van der Waals surface area contributed by atoms with E-state index in [1.165, 1.54) is 0 Å². The molecule has 8 nitrogen and oxygen atoms in total. The lowest BCUT2D eigenvalue weighted by Gasteiger charge is -2.29. The van der Waals surface area contributed by atoms with Crippen LogP contribution in [0, 0.1) is 0 Å². The lowest BCUT2D eigenvalue weighted by Crippen LogP contribution is -2.37. The molecule has 1 unspecified atom stereocenters. The SMILES string of the molecule is CC(C)c1[nH]nc2c(=NCc3ccccc3N)nc(N3CCCC3CO)n(C(C)C)c12. The lowest BCUT2D eigenvalue weighted by molar-refractivity contribution is 0.265. The minimum absolute atomic E-state index is 0.0713. The Morgan fingerprint density at radius 2 is 2.03 bits per heavy atom. The highest BCUT2D eigenvalue weighted by Gasteiger charge is 2.30. The van der Waals surface area contributed by atoms with E-state index in [9.17, 15) is 5.11 Å². The Balaban J connectivity index is 1.97. The zero-order chi connectivity index (χ0) is 22.1. The second kappa shape index (κ2) is 8.70. The van der Waals surface area contributed by atoms with Crippen LogP contribution in [0.2, 0.25) is 0 Å². The Hall–Kier alpha value is -2.87. The van der Waals surface area contributed by atoms with E-state index in [1.54, 1.807) is 0 Å².